The summed E-state index contributed by atoms with van der Waals surface area (Å²) < 4.78 is 40.2. The van der Waals surface area contributed by atoms with E-state index in [4.69, 9.17) is 0 Å². The van der Waals surface area contributed by atoms with Crippen LogP contribution in [0.4, 0.5) is 10.1 Å². The predicted octanol–water partition coefficient (Wildman–Crippen LogP) is 1.63. The van der Waals surface area contributed by atoms with E-state index in [1.165, 1.54) is 47.8 Å². The average Bonchev–Trinajstić information content (AvgIpc) is 2.69. The molecule has 0 unspecified atom stereocenters. The number of amides is 1. The van der Waals surface area contributed by atoms with Gasteiger partial charge in [0.25, 0.3) is 5.91 Å². The molecule has 2 aromatic rings. The van der Waals surface area contributed by atoms with Gasteiger partial charge in [0, 0.05) is 37.4 Å². The van der Waals surface area contributed by atoms with Crippen molar-refractivity contribution in [1.82, 2.24) is 9.79 Å². The first-order valence-corrected chi connectivity index (χ1v) is 9.80. The highest BCUT2D eigenvalue weighted by Gasteiger charge is 2.29. The topological polar surface area (TPSA) is 78.9 Å². The third-order valence-corrected chi connectivity index (χ3v) is 6.25. The lowest BCUT2D eigenvalue weighted by Gasteiger charge is -2.35. The molecule has 1 amide bonds. The average molecular weight is 393 g/mol. The second kappa shape index (κ2) is 8.03. The molecule has 2 aromatic carbocycles. The fourth-order valence-corrected chi connectivity index (χ4v) is 4.41. The summed E-state index contributed by atoms with van der Waals surface area (Å²) in [5.41, 5.74) is 3.22. The fraction of sp³-hybridized carbons (Fsp3) is 0.278. The van der Waals surface area contributed by atoms with Crippen molar-refractivity contribution in [3.05, 3.63) is 59.9 Å². The third kappa shape index (κ3) is 4.26. The molecule has 9 heteroatoms. The molecular weight excluding hydrogens is 373 g/mol. The van der Waals surface area contributed by atoms with E-state index in [0.29, 0.717) is 26.2 Å². The quantitative estimate of drug-likeness (QED) is 0.781. The number of nitrogens with one attached hydrogen (secondary N) is 1. The van der Waals surface area contributed by atoms with Crippen molar-refractivity contribution in [1.29, 1.82) is 0 Å². The Kier molecular flexibility index (Phi) is 5.73. The molecule has 1 saturated heterocycles. The molecule has 0 aliphatic carbocycles. The molecule has 3 rings (SSSR count). The second-order valence-electron chi connectivity index (χ2n) is 6.03. The summed E-state index contributed by atoms with van der Waals surface area (Å²) in [4.78, 5) is 18.5. The summed E-state index contributed by atoms with van der Waals surface area (Å²) in [5, 5.41) is 0. The number of anilines is 1. The molecule has 0 saturated carbocycles. The molecule has 1 aliphatic heterocycles. The van der Waals surface area contributed by atoms with Gasteiger partial charge in [-0.1, -0.05) is 6.07 Å². The highest BCUT2D eigenvalue weighted by molar-refractivity contribution is 7.89. The third-order valence-electron chi connectivity index (χ3n) is 4.36. The number of nitrogens with zero attached hydrogens (tertiary/aromatic N) is 2. The van der Waals surface area contributed by atoms with Crippen LogP contribution in [0.1, 0.15) is 10.4 Å². The van der Waals surface area contributed by atoms with Gasteiger partial charge in [-0.3, -0.25) is 9.63 Å². The monoisotopic (exact) mass is 393 g/mol. The van der Waals surface area contributed by atoms with Crippen LogP contribution >= 0.6 is 0 Å². The number of hydrogen-bond donors (Lipinski definition) is 1. The van der Waals surface area contributed by atoms with Gasteiger partial charge in [0.05, 0.1) is 12.0 Å². The summed E-state index contributed by atoms with van der Waals surface area (Å²) in [6, 6.07) is 12.0. The molecule has 0 bridgehead atoms. The fourth-order valence-electron chi connectivity index (χ4n) is 2.94. The Morgan fingerprint density at radius 1 is 1.07 bits per heavy atom. The van der Waals surface area contributed by atoms with Crippen molar-refractivity contribution in [3.8, 4) is 0 Å². The number of hydroxylamine groups is 1. The number of carbonyl (C=O) groups is 1. The van der Waals surface area contributed by atoms with Gasteiger partial charge in [-0.25, -0.2) is 18.3 Å². The number of rotatable bonds is 5. The summed E-state index contributed by atoms with van der Waals surface area (Å²) in [7, 11) is -2.41. The maximum absolute atomic E-state index is 13.1. The smallest absolute Gasteiger partial charge is 0.274 e. The molecule has 1 N–H and O–H groups in total. The van der Waals surface area contributed by atoms with Crippen LogP contribution in [-0.4, -0.2) is 51.9 Å². The van der Waals surface area contributed by atoms with Crippen molar-refractivity contribution in [3.63, 3.8) is 0 Å². The Balaban J connectivity index is 1.72. The van der Waals surface area contributed by atoms with Gasteiger partial charge in [0.2, 0.25) is 10.0 Å². The van der Waals surface area contributed by atoms with Crippen LogP contribution in [0.5, 0.6) is 0 Å². The van der Waals surface area contributed by atoms with Gasteiger partial charge in [-0.15, -0.1) is 0 Å². The molecule has 27 heavy (non-hydrogen) atoms. The zero-order valence-corrected chi connectivity index (χ0v) is 15.6. The number of piperazine rings is 1. The molecule has 144 valence electrons. The second-order valence-corrected chi connectivity index (χ2v) is 7.97. The van der Waals surface area contributed by atoms with E-state index in [2.05, 4.69) is 10.3 Å². The van der Waals surface area contributed by atoms with E-state index in [9.17, 15) is 17.6 Å². The Labute approximate surface area is 157 Å². The van der Waals surface area contributed by atoms with Crippen LogP contribution in [0, 0.1) is 5.82 Å². The van der Waals surface area contributed by atoms with Crippen molar-refractivity contribution in [2.45, 2.75) is 4.90 Å². The SMILES string of the molecule is CONC(=O)c1cccc(S(=O)(=O)N2CCN(c3ccc(F)cc3)CC2)c1. The lowest BCUT2D eigenvalue weighted by atomic mass is 10.2. The van der Waals surface area contributed by atoms with Crippen LogP contribution in [0.3, 0.4) is 0 Å². The first-order chi connectivity index (χ1) is 12.9. The summed E-state index contributed by atoms with van der Waals surface area (Å²) in [5.74, 6) is -0.826. The Hall–Kier alpha value is -2.49. The number of carbonyl (C=O) groups excluding carboxylic acids is 1. The summed E-state index contributed by atoms with van der Waals surface area (Å²) >= 11 is 0. The molecule has 7 nitrogen and oxygen atoms in total. The first-order valence-electron chi connectivity index (χ1n) is 8.36. The number of sulfonamides is 1. The van der Waals surface area contributed by atoms with Gasteiger partial charge in [-0.05, 0) is 42.5 Å². The summed E-state index contributed by atoms with van der Waals surface area (Å²) in [6.45, 7) is 1.59. The van der Waals surface area contributed by atoms with Crippen LogP contribution in [0.25, 0.3) is 0 Å². The summed E-state index contributed by atoms with van der Waals surface area (Å²) in [6.07, 6.45) is 0. The van der Waals surface area contributed by atoms with Crippen molar-refractivity contribution in [2.75, 3.05) is 38.2 Å². The van der Waals surface area contributed by atoms with Crippen LogP contribution in [-0.2, 0) is 14.9 Å². The van der Waals surface area contributed by atoms with E-state index >= 15 is 0 Å². The highest BCUT2D eigenvalue weighted by Crippen LogP contribution is 2.22. The Morgan fingerprint density at radius 2 is 1.74 bits per heavy atom. The van der Waals surface area contributed by atoms with Gasteiger partial charge >= 0.3 is 0 Å². The molecule has 0 radical (unpaired) electrons. The standard InChI is InChI=1S/C18H20FN3O4S/c1-26-20-18(23)14-3-2-4-17(13-14)27(24,25)22-11-9-21(10-12-22)16-7-5-15(19)6-8-16/h2-8,13H,9-12H2,1H3,(H,20,23). The number of benzene rings is 2. The van der Waals surface area contributed by atoms with Crippen molar-refractivity contribution in [2.24, 2.45) is 0 Å². The highest BCUT2D eigenvalue weighted by atomic mass is 32.2. The normalized spacial score (nSPS) is 15.6. The van der Waals surface area contributed by atoms with Crippen molar-refractivity contribution >= 4 is 21.6 Å². The van der Waals surface area contributed by atoms with E-state index in [1.54, 1.807) is 12.1 Å². The van der Waals surface area contributed by atoms with Gasteiger partial charge in [-0.2, -0.15) is 4.31 Å². The molecule has 1 fully saturated rings. The Morgan fingerprint density at radius 3 is 2.37 bits per heavy atom. The lowest BCUT2D eigenvalue weighted by molar-refractivity contribution is 0.0537. The van der Waals surface area contributed by atoms with Crippen LogP contribution < -0.4 is 10.4 Å². The maximum Gasteiger partial charge on any atom is 0.274 e. The van der Waals surface area contributed by atoms with E-state index in [-0.39, 0.29) is 16.3 Å². The van der Waals surface area contributed by atoms with E-state index in [0.717, 1.165) is 5.69 Å². The van der Waals surface area contributed by atoms with Gasteiger partial charge in [0.15, 0.2) is 0 Å². The van der Waals surface area contributed by atoms with E-state index in [1.807, 2.05) is 4.90 Å². The number of hydrogen-bond acceptors (Lipinski definition) is 5. The first kappa shape index (κ1) is 19.3. The molecule has 0 atom stereocenters. The molecule has 0 spiro atoms. The number of halogens is 1. The van der Waals surface area contributed by atoms with Crippen molar-refractivity contribution < 1.29 is 22.4 Å². The minimum atomic E-state index is -3.72. The zero-order valence-electron chi connectivity index (χ0n) is 14.8. The minimum Gasteiger partial charge on any atom is -0.369 e. The molecule has 0 aromatic heterocycles. The minimum absolute atomic E-state index is 0.0569. The van der Waals surface area contributed by atoms with Crippen LogP contribution in [0.15, 0.2) is 53.4 Å². The zero-order chi connectivity index (χ0) is 19.4. The lowest BCUT2D eigenvalue weighted by Crippen LogP contribution is -2.48. The van der Waals surface area contributed by atoms with Gasteiger partial charge < -0.3 is 4.90 Å². The molecular formula is C18H20FN3O4S. The predicted molar refractivity (Wildman–Crippen MR) is 98.3 cm³/mol. The Bertz CT molecular complexity index is 910. The molecule has 1 heterocycles. The van der Waals surface area contributed by atoms with E-state index < -0.39 is 15.9 Å². The van der Waals surface area contributed by atoms with Crippen LogP contribution in [0.2, 0.25) is 0 Å². The largest absolute Gasteiger partial charge is 0.369 e. The maximum atomic E-state index is 13.1. The molecule has 1 aliphatic rings. The van der Waals surface area contributed by atoms with Gasteiger partial charge in [0.1, 0.15) is 5.82 Å².